The molecule has 0 heterocycles. The molecule has 3 aliphatic rings. The van der Waals surface area contributed by atoms with Crippen molar-refractivity contribution >= 4 is 11.9 Å². The van der Waals surface area contributed by atoms with Crippen LogP contribution in [0.2, 0.25) is 0 Å². The van der Waals surface area contributed by atoms with E-state index >= 15 is 0 Å². The van der Waals surface area contributed by atoms with E-state index in [4.69, 9.17) is 0 Å². The summed E-state index contributed by atoms with van der Waals surface area (Å²) in [5.74, 6) is -1.94. The largest absolute Gasteiger partial charge is 0.550 e. The zero-order chi connectivity index (χ0) is 15.1. The Bertz CT molecular complexity index is 339. The van der Waals surface area contributed by atoms with Crippen molar-refractivity contribution in [3.05, 3.63) is 24.3 Å². The summed E-state index contributed by atoms with van der Waals surface area (Å²) in [5.41, 5.74) is 2.80. The molecule has 0 radical (unpaired) electrons. The Kier molecular flexibility index (Phi) is 6.49. The van der Waals surface area contributed by atoms with E-state index in [0.29, 0.717) is 0 Å². The van der Waals surface area contributed by atoms with Crippen molar-refractivity contribution in [2.75, 3.05) is 0 Å². The molecule has 3 saturated carbocycles. The van der Waals surface area contributed by atoms with Gasteiger partial charge in [0, 0.05) is 11.9 Å². The van der Waals surface area contributed by atoms with Gasteiger partial charge in [0.15, 0.2) is 0 Å². The van der Waals surface area contributed by atoms with Crippen molar-refractivity contribution in [1.29, 1.82) is 0 Å². The van der Waals surface area contributed by atoms with Gasteiger partial charge in [-0.3, -0.25) is 0 Å². The van der Waals surface area contributed by atoms with E-state index < -0.39 is 11.9 Å². The van der Waals surface area contributed by atoms with Gasteiger partial charge in [0.2, 0.25) is 0 Å². The smallest absolute Gasteiger partial charge is 0.0445 e. The van der Waals surface area contributed by atoms with Gasteiger partial charge >= 0.3 is 0 Å². The third-order valence-electron chi connectivity index (χ3n) is 3.49. The molecular weight excluding hydrogens is 256 g/mol. The first-order valence-corrected chi connectivity index (χ1v) is 7.15. The second kappa shape index (κ2) is 7.88. The number of aliphatic carboxylic acids is 2. The van der Waals surface area contributed by atoms with Gasteiger partial charge in [-0.1, -0.05) is 24.3 Å². The summed E-state index contributed by atoms with van der Waals surface area (Å²) >= 11 is 0. The SMILES string of the molecule is C=C1CCC(=C)CC1.O=C([O-])C1CC1.O=C([O-])C1CC1. The van der Waals surface area contributed by atoms with Crippen LogP contribution in [0.25, 0.3) is 0 Å². The fourth-order valence-corrected chi connectivity index (χ4v) is 1.60. The Balaban J connectivity index is 0.000000152. The van der Waals surface area contributed by atoms with Gasteiger partial charge in [0.05, 0.1) is 0 Å². The second-order valence-corrected chi connectivity index (χ2v) is 5.69. The summed E-state index contributed by atoms with van der Waals surface area (Å²) in [5, 5.41) is 19.3. The maximum Gasteiger partial charge on any atom is 0.0445 e. The predicted molar refractivity (Wildman–Crippen MR) is 72.2 cm³/mol. The van der Waals surface area contributed by atoms with E-state index in [9.17, 15) is 19.8 Å². The molecule has 0 amide bonds. The summed E-state index contributed by atoms with van der Waals surface area (Å²) in [6, 6.07) is 0. The Morgan fingerprint density at radius 1 is 0.750 bits per heavy atom. The van der Waals surface area contributed by atoms with Crippen LogP contribution >= 0.6 is 0 Å². The van der Waals surface area contributed by atoms with E-state index in [2.05, 4.69) is 13.2 Å². The van der Waals surface area contributed by atoms with Gasteiger partial charge in [-0.25, -0.2) is 0 Å². The highest BCUT2D eigenvalue weighted by Gasteiger charge is 2.22. The molecule has 0 aromatic carbocycles. The van der Waals surface area contributed by atoms with Crippen molar-refractivity contribution in [2.45, 2.75) is 51.4 Å². The fourth-order valence-electron chi connectivity index (χ4n) is 1.60. The van der Waals surface area contributed by atoms with Crippen LogP contribution in [0.15, 0.2) is 24.3 Å². The molecule has 0 bridgehead atoms. The highest BCUT2D eigenvalue weighted by molar-refractivity contribution is 5.70. The minimum Gasteiger partial charge on any atom is -0.550 e. The van der Waals surface area contributed by atoms with Crippen LogP contribution in [0.5, 0.6) is 0 Å². The molecule has 0 saturated heterocycles. The number of hydrogen-bond acceptors (Lipinski definition) is 4. The maximum atomic E-state index is 9.65. The Morgan fingerprint density at radius 3 is 1.10 bits per heavy atom. The molecule has 4 nitrogen and oxygen atoms in total. The maximum absolute atomic E-state index is 9.65. The molecule has 0 spiro atoms. The quantitative estimate of drug-likeness (QED) is 0.705. The molecule has 4 heteroatoms. The van der Waals surface area contributed by atoms with Gasteiger partial charge in [-0.05, 0) is 63.2 Å². The van der Waals surface area contributed by atoms with E-state index in [1.165, 1.54) is 36.8 Å². The average molecular weight is 278 g/mol. The van der Waals surface area contributed by atoms with Crippen LogP contribution in [-0.2, 0) is 9.59 Å². The lowest BCUT2D eigenvalue weighted by Gasteiger charge is -2.13. The van der Waals surface area contributed by atoms with Crippen molar-refractivity contribution in [2.24, 2.45) is 11.8 Å². The lowest BCUT2D eigenvalue weighted by molar-refractivity contribution is -0.309. The molecule has 112 valence electrons. The molecular formula is C16H22O4-2. The number of allylic oxidation sites excluding steroid dienone is 2. The summed E-state index contributed by atoms with van der Waals surface area (Å²) < 4.78 is 0. The highest BCUT2D eigenvalue weighted by Crippen LogP contribution is 2.27. The summed E-state index contributed by atoms with van der Waals surface area (Å²) in [4.78, 5) is 19.3. The first-order chi connectivity index (χ1) is 9.40. The Morgan fingerprint density at radius 2 is 1.00 bits per heavy atom. The average Bonchev–Trinajstić information content (AvgIpc) is 3.26. The van der Waals surface area contributed by atoms with Crippen LogP contribution in [-0.4, -0.2) is 11.9 Å². The first-order valence-electron chi connectivity index (χ1n) is 7.15. The zero-order valence-corrected chi connectivity index (χ0v) is 11.9. The molecule has 0 N–H and O–H groups in total. The molecule has 3 fully saturated rings. The second-order valence-electron chi connectivity index (χ2n) is 5.69. The summed E-state index contributed by atoms with van der Waals surface area (Å²) in [7, 11) is 0. The molecule has 0 aromatic heterocycles. The Hall–Kier alpha value is -1.58. The normalized spacial score (nSPS) is 21.0. The third-order valence-corrected chi connectivity index (χ3v) is 3.49. The summed E-state index contributed by atoms with van der Waals surface area (Å²) in [6.07, 6.45) is 8.06. The lowest BCUT2D eigenvalue weighted by Crippen LogP contribution is -2.23. The molecule has 20 heavy (non-hydrogen) atoms. The number of rotatable bonds is 2. The van der Waals surface area contributed by atoms with Crippen molar-refractivity contribution < 1.29 is 19.8 Å². The van der Waals surface area contributed by atoms with Crippen LogP contribution in [0, 0.1) is 11.8 Å². The minimum absolute atomic E-state index is 0.0926. The van der Waals surface area contributed by atoms with Crippen molar-refractivity contribution in [1.82, 2.24) is 0 Å². The lowest BCUT2D eigenvalue weighted by atomic mass is 9.93. The minimum atomic E-state index is -0.880. The number of carbonyl (C=O) groups is 2. The van der Waals surface area contributed by atoms with E-state index in [0.717, 1.165) is 25.7 Å². The topological polar surface area (TPSA) is 80.3 Å². The van der Waals surface area contributed by atoms with Crippen molar-refractivity contribution in [3.8, 4) is 0 Å². The van der Waals surface area contributed by atoms with E-state index in [1.54, 1.807) is 0 Å². The molecule has 0 atom stereocenters. The number of carboxylic acid groups (broad SMARTS) is 2. The number of carbonyl (C=O) groups excluding carboxylic acids is 2. The van der Waals surface area contributed by atoms with Gasteiger partial charge in [0.25, 0.3) is 0 Å². The standard InChI is InChI=1S/C8H12.2C4H6O2/c1-7-3-5-8(2)6-4-7;2*5-4(6)3-1-2-3/h1-6H2;2*3H,1-2H2,(H,5,6)/p-2. The Labute approximate surface area is 120 Å². The van der Waals surface area contributed by atoms with Crippen LogP contribution < -0.4 is 10.2 Å². The predicted octanol–water partition coefficient (Wildman–Crippen LogP) is 0.965. The van der Waals surface area contributed by atoms with E-state index in [1.807, 2.05) is 0 Å². The fraction of sp³-hybridized carbons (Fsp3) is 0.625. The summed E-state index contributed by atoms with van der Waals surface area (Å²) in [6.45, 7) is 7.82. The van der Waals surface area contributed by atoms with Crippen LogP contribution in [0.3, 0.4) is 0 Å². The van der Waals surface area contributed by atoms with Gasteiger partial charge in [0.1, 0.15) is 0 Å². The molecule has 0 aliphatic heterocycles. The van der Waals surface area contributed by atoms with Gasteiger partial charge in [-0.15, -0.1) is 0 Å². The number of hydrogen-bond donors (Lipinski definition) is 0. The molecule has 3 rings (SSSR count). The molecule has 0 aromatic rings. The zero-order valence-electron chi connectivity index (χ0n) is 11.9. The van der Waals surface area contributed by atoms with Crippen LogP contribution in [0.1, 0.15) is 51.4 Å². The first kappa shape index (κ1) is 16.5. The third kappa shape index (κ3) is 7.77. The molecule has 0 unspecified atom stereocenters. The van der Waals surface area contributed by atoms with Gasteiger partial charge in [-0.2, -0.15) is 0 Å². The van der Waals surface area contributed by atoms with Crippen LogP contribution in [0.4, 0.5) is 0 Å². The van der Waals surface area contributed by atoms with Crippen molar-refractivity contribution in [3.63, 3.8) is 0 Å². The van der Waals surface area contributed by atoms with E-state index in [-0.39, 0.29) is 11.8 Å². The number of carboxylic acids is 2. The highest BCUT2D eigenvalue weighted by atomic mass is 16.4. The monoisotopic (exact) mass is 278 g/mol. The van der Waals surface area contributed by atoms with Gasteiger partial charge < -0.3 is 19.8 Å². The molecule has 3 aliphatic carbocycles.